The molecule has 3 nitrogen and oxygen atoms in total. The maximum absolute atomic E-state index is 13.1. The van der Waals surface area contributed by atoms with Crippen LogP contribution in [0.25, 0.3) is 0 Å². The Kier molecular flexibility index (Phi) is 5.36. The molecule has 1 aliphatic heterocycles. The Bertz CT molecular complexity index is 795. The molecule has 1 heterocycles. The molecule has 2 aromatic carbocycles. The van der Waals surface area contributed by atoms with E-state index in [9.17, 15) is 4.79 Å². The van der Waals surface area contributed by atoms with Gasteiger partial charge in [0, 0.05) is 17.6 Å². The third-order valence-corrected chi connectivity index (χ3v) is 5.26. The van der Waals surface area contributed by atoms with Gasteiger partial charge in [-0.15, -0.1) is 0 Å². The SMILES string of the molecule is Cc1ccc(C)c(OCCCC(C)(C)C(=O)N2CCc3ccccc32)c1. The molecule has 0 fully saturated rings. The average Bonchev–Trinajstić information content (AvgIpc) is 3.04. The summed E-state index contributed by atoms with van der Waals surface area (Å²) < 4.78 is 5.95. The standard InChI is InChI=1S/C23H29NO2/c1-17-10-11-18(2)21(16-17)26-15-7-13-23(3,4)22(25)24-14-12-19-8-5-6-9-20(19)24/h5-6,8-11,16H,7,12-15H2,1-4H3. The third kappa shape index (κ3) is 3.92. The number of rotatable bonds is 6. The Morgan fingerprint density at radius 2 is 1.92 bits per heavy atom. The molecule has 0 bridgehead atoms. The highest BCUT2D eigenvalue weighted by molar-refractivity contribution is 5.98. The monoisotopic (exact) mass is 351 g/mol. The molecule has 1 aliphatic rings. The maximum Gasteiger partial charge on any atom is 0.232 e. The van der Waals surface area contributed by atoms with Crippen molar-refractivity contribution in [3.8, 4) is 5.75 Å². The number of para-hydroxylation sites is 1. The van der Waals surface area contributed by atoms with E-state index in [-0.39, 0.29) is 11.3 Å². The van der Waals surface area contributed by atoms with Crippen molar-refractivity contribution in [2.24, 2.45) is 5.41 Å². The lowest BCUT2D eigenvalue weighted by Crippen LogP contribution is -2.40. The van der Waals surface area contributed by atoms with Crippen LogP contribution in [0.5, 0.6) is 5.75 Å². The molecule has 2 aromatic rings. The van der Waals surface area contributed by atoms with E-state index in [2.05, 4.69) is 44.2 Å². The first-order chi connectivity index (χ1) is 12.4. The number of benzene rings is 2. The fourth-order valence-corrected chi connectivity index (χ4v) is 3.58. The number of ether oxygens (including phenoxy) is 1. The molecule has 0 atom stereocenters. The number of hydrogen-bond donors (Lipinski definition) is 0. The minimum absolute atomic E-state index is 0.217. The van der Waals surface area contributed by atoms with Gasteiger partial charge in [0.15, 0.2) is 0 Å². The van der Waals surface area contributed by atoms with Crippen molar-refractivity contribution < 1.29 is 9.53 Å². The van der Waals surface area contributed by atoms with E-state index in [1.165, 1.54) is 11.1 Å². The average molecular weight is 351 g/mol. The summed E-state index contributed by atoms with van der Waals surface area (Å²) in [6, 6.07) is 14.5. The van der Waals surface area contributed by atoms with Gasteiger partial charge in [0.05, 0.1) is 6.61 Å². The lowest BCUT2D eigenvalue weighted by atomic mass is 9.86. The van der Waals surface area contributed by atoms with Crippen LogP contribution in [0.3, 0.4) is 0 Å². The molecule has 3 rings (SSSR count). The van der Waals surface area contributed by atoms with Crippen LogP contribution >= 0.6 is 0 Å². The number of carbonyl (C=O) groups excluding carboxylic acids is 1. The number of hydrogen-bond acceptors (Lipinski definition) is 2. The second-order valence-corrected chi connectivity index (χ2v) is 7.94. The molecule has 0 unspecified atom stereocenters. The minimum Gasteiger partial charge on any atom is -0.493 e. The molecular formula is C23H29NO2. The second-order valence-electron chi connectivity index (χ2n) is 7.94. The smallest absolute Gasteiger partial charge is 0.232 e. The van der Waals surface area contributed by atoms with Crippen molar-refractivity contribution in [3.05, 3.63) is 59.2 Å². The van der Waals surface area contributed by atoms with Crippen molar-refractivity contribution >= 4 is 11.6 Å². The Balaban J connectivity index is 1.56. The summed E-state index contributed by atoms with van der Waals surface area (Å²) in [5.41, 5.74) is 4.32. The van der Waals surface area contributed by atoms with Gasteiger partial charge in [-0.05, 0) is 61.9 Å². The topological polar surface area (TPSA) is 29.5 Å². The van der Waals surface area contributed by atoms with Crippen LogP contribution in [-0.4, -0.2) is 19.1 Å². The summed E-state index contributed by atoms with van der Waals surface area (Å²) in [4.78, 5) is 15.0. The zero-order chi connectivity index (χ0) is 18.7. The largest absolute Gasteiger partial charge is 0.493 e. The molecule has 138 valence electrons. The molecule has 0 N–H and O–H groups in total. The van der Waals surface area contributed by atoms with Crippen LogP contribution in [0.1, 0.15) is 43.4 Å². The van der Waals surface area contributed by atoms with Crippen molar-refractivity contribution in [3.63, 3.8) is 0 Å². The molecule has 0 saturated heterocycles. The molecule has 26 heavy (non-hydrogen) atoms. The predicted molar refractivity (Wildman–Crippen MR) is 107 cm³/mol. The van der Waals surface area contributed by atoms with E-state index in [1.807, 2.05) is 30.9 Å². The highest BCUT2D eigenvalue weighted by Crippen LogP contribution is 2.34. The lowest BCUT2D eigenvalue weighted by molar-refractivity contribution is -0.126. The third-order valence-electron chi connectivity index (χ3n) is 5.26. The van der Waals surface area contributed by atoms with E-state index >= 15 is 0 Å². The van der Waals surface area contributed by atoms with Crippen LogP contribution < -0.4 is 9.64 Å². The number of nitrogens with zero attached hydrogens (tertiary/aromatic N) is 1. The lowest BCUT2D eigenvalue weighted by Gasteiger charge is -2.29. The van der Waals surface area contributed by atoms with Gasteiger partial charge in [0.2, 0.25) is 5.91 Å². The van der Waals surface area contributed by atoms with Crippen molar-refractivity contribution in [2.45, 2.75) is 47.0 Å². The summed E-state index contributed by atoms with van der Waals surface area (Å²) >= 11 is 0. The zero-order valence-corrected chi connectivity index (χ0v) is 16.3. The van der Waals surface area contributed by atoms with Crippen molar-refractivity contribution in [1.82, 2.24) is 0 Å². The van der Waals surface area contributed by atoms with Crippen LogP contribution in [-0.2, 0) is 11.2 Å². The first kappa shape index (κ1) is 18.5. The number of aryl methyl sites for hydroxylation is 2. The van der Waals surface area contributed by atoms with Crippen LogP contribution in [0.4, 0.5) is 5.69 Å². The Morgan fingerprint density at radius 3 is 2.73 bits per heavy atom. The summed E-state index contributed by atoms with van der Waals surface area (Å²) in [5.74, 6) is 1.16. The van der Waals surface area contributed by atoms with Gasteiger partial charge in [0.1, 0.15) is 5.75 Å². The summed E-state index contributed by atoms with van der Waals surface area (Å²) in [5, 5.41) is 0. The molecule has 0 aliphatic carbocycles. The fraction of sp³-hybridized carbons (Fsp3) is 0.435. The van der Waals surface area contributed by atoms with Crippen LogP contribution in [0, 0.1) is 19.3 Å². The van der Waals surface area contributed by atoms with Gasteiger partial charge in [-0.1, -0.05) is 44.2 Å². The molecule has 1 amide bonds. The Labute approximate surface area is 157 Å². The van der Waals surface area contributed by atoms with Gasteiger partial charge in [-0.25, -0.2) is 0 Å². The summed E-state index contributed by atoms with van der Waals surface area (Å²) in [6.07, 6.45) is 2.63. The zero-order valence-electron chi connectivity index (χ0n) is 16.3. The first-order valence-corrected chi connectivity index (χ1v) is 9.48. The number of anilines is 1. The molecule has 0 saturated carbocycles. The molecule has 3 heteroatoms. The summed E-state index contributed by atoms with van der Waals surface area (Å²) in [7, 11) is 0. The quantitative estimate of drug-likeness (QED) is 0.679. The van der Waals surface area contributed by atoms with Crippen molar-refractivity contribution in [1.29, 1.82) is 0 Å². The minimum atomic E-state index is -0.386. The molecule has 0 aromatic heterocycles. The molecular weight excluding hydrogens is 322 g/mol. The highest BCUT2D eigenvalue weighted by atomic mass is 16.5. The number of fused-ring (bicyclic) bond motifs is 1. The maximum atomic E-state index is 13.1. The van der Waals surface area contributed by atoms with E-state index in [4.69, 9.17) is 4.74 Å². The first-order valence-electron chi connectivity index (χ1n) is 9.48. The van der Waals surface area contributed by atoms with E-state index in [0.717, 1.165) is 42.8 Å². The van der Waals surface area contributed by atoms with E-state index in [1.54, 1.807) is 0 Å². The van der Waals surface area contributed by atoms with Gasteiger partial charge in [-0.3, -0.25) is 4.79 Å². The van der Waals surface area contributed by atoms with E-state index in [0.29, 0.717) is 6.61 Å². The Morgan fingerprint density at radius 1 is 1.15 bits per heavy atom. The summed E-state index contributed by atoms with van der Waals surface area (Å²) in [6.45, 7) is 9.66. The van der Waals surface area contributed by atoms with Gasteiger partial charge >= 0.3 is 0 Å². The van der Waals surface area contributed by atoms with Crippen LogP contribution in [0.2, 0.25) is 0 Å². The van der Waals surface area contributed by atoms with Crippen LogP contribution in [0.15, 0.2) is 42.5 Å². The predicted octanol–water partition coefficient (Wildman–Crippen LogP) is 5.08. The number of amides is 1. The van der Waals surface area contributed by atoms with Gasteiger partial charge in [0.25, 0.3) is 0 Å². The van der Waals surface area contributed by atoms with E-state index < -0.39 is 0 Å². The van der Waals surface area contributed by atoms with Gasteiger partial charge < -0.3 is 9.64 Å². The Hall–Kier alpha value is -2.29. The molecule has 0 radical (unpaired) electrons. The van der Waals surface area contributed by atoms with Crippen molar-refractivity contribution in [2.75, 3.05) is 18.1 Å². The second kappa shape index (κ2) is 7.53. The normalized spacial score (nSPS) is 13.6. The number of carbonyl (C=O) groups is 1. The fourth-order valence-electron chi connectivity index (χ4n) is 3.58. The highest BCUT2D eigenvalue weighted by Gasteiger charge is 2.35. The molecule has 0 spiro atoms. The van der Waals surface area contributed by atoms with Gasteiger partial charge in [-0.2, -0.15) is 0 Å².